The Bertz CT molecular complexity index is 886. The van der Waals surface area contributed by atoms with Crippen LogP contribution >= 0.6 is 11.6 Å². The minimum absolute atomic E-state index is 0.265. The van der Waals surface area contributed by atoms with Gasteiger partial charge in [0.2, 0.25) is 0 Å². The van der Waals surface area contributed by atoms with Crippen molar-refractivity contribution in [1.82, 2.24) is 5.01 Å². The molecule has 2 aromatic rings. The zero-order valence-electron chi connectivity index (χ0n) is 12.8. The third-order valence-corrected chi connectivity index (χ3v) is 4.60. The Morgan fingerprint density at radius 3 is 2.48 bits per heavy atom. The van der Waals surface area contributed by atoms with Gasteiger partial charge in [-0.3, -0.25) is 14.6 Å². The molecule has 0 radical (unpaired) electrons. The molecule has 0 aromatic heterocycles. The molecule has 8 heteroatoms. The molecule has 2 aromatic carbocycles. The zero-order valence-corrected chi connectivity index (χ0v) is 13.6. The summed E-state index contributed by atoms with van der Waals surface area (Å²) in [5.74, 6) is -1.34. The number of halogens is 2. The molecule has 2 heterocycles. The van der Waals surface area contributed by atoms with E-state index < -0.39 is 29.7 Å². The summed E-state index contributed by atoms with van der Waals surface area (Å²) in [6.07, 6.45) is 0. The number of benzene rings is 2. The van der Waals surface area contributed by atoms with E-state index in [1.54, 1.807) is 12.1 Å². The molecule has 1 fully saturated rings. The number of hydrogen-bond donors (Lipinski definition) is 0. The lowest BCUT2D eigenvalue weighted by Crippen LogP contribution is -2.39. The Hall–Kier alpha value is -2.80. The maximum absolute atomic E-state index is 13.1. The number of rotatable bonds is 3. The standard InChI is InChI=1S/C17H12ClFN4O2/c18-13-4-2-1-3-10(13)9-22-15-14(20-21-22)16(24)23(17(15)25)12-7-5-11(19)6-8-12/h1-8,14-15H,9H2/t14-,15-/m1/s1. The molecule has 2 amide bonds. The minimum Gasteiger partial charge on any atom is -0.271 e. The highest BCUT2D eigenvalue weighted by atomic mass is 35.5. The highest BCUT2D eigenvalue weighted by Crippen LogP contribution is 2.33. The quantitative estimate of drug-likeness (QED) is 0.792. The molecule has 0 bridgehead atoms. The van der Waals surface area contributed by atoms with Crippen LogP contribution in [0.1, 0.15) is 5.56 Å². The molecular weight excluding hydrogens is 347 g/mol. The Balaban J connectivity index is 1.62. The normalized spacial score (nSPS) is 22.0. The van der Waals surface area contributed by atoms with E-state index in [4.69, 9.17) is 11.6 Å². The molecule has 0 N–H and O–H groups in total. The van der Waals surface area contributed by atoms with Crippen LogP contribution in [0.4, 0.5) is 10.1 Å². The Morgan fingerprint density at radius 2 is 1.76 bits per heavy atom. The summed E-state index contributed by atoms with van der Waals surface area (Å²) in [6.45, 7) is 0.265. The first-order chi connectivity index (χ1) is 12.1. The second-order valence-electron chi connectivity index (χ2n) is 5.77. The third kappa shape index (κ3) is 2.56. The number of nitrogens with zero attached hydrogens (tertiary/aromatic N) is 4. The summed E-state index contributed by atoms with van der Waals surface area (Å²) in [7, 11) is 0. The van der Waals surface area contributed by atoms with Crippen LogP contribution < -0.4 is 4.90 Å². The van der Waals surface area contributed by atoms with Gasteiger partial charge in [-0.15, -0.1) is 0 Å². The molecule has 0 aliphatic carbocycles. The van der Waals surface area contributed by atoms with Gasteiger partial charge in [-0.2, -0.15) is 5.11 Å². The monoisotopic (exact) mass is 358 g/mol. The molecule has 6 nitrogen and oxygen atoms in total. The summed E-state index contributed by atoms with van der Waals surface area (Å²) < 4.78 is 13.1. The van der Waals surface area contributed by atoms with Crippen LogP contribution in [0.2, 0.25) is 5.02 Å². The fourth-order valence-corrected chi connectivity index (χ4v) is 3.20. The van der Waals surface area contributed by atoms with Crippen molar-refractivity contribution >= 4 is 29.1 Å². The topological polar surface area (TPSA) is 65.3 Å². The average Bonchev–Trinajstić information content (AvgIpc) is 3.12. The Kier molecular flexibility index (Phi) is 3.73. The van der Waals surface area contributed by atoms with Gasteiger partial charge in [-0.1, -0.05) is 35.0 Å². The van der Waals surface area contributed by atoms with Crippen LogP contribution in [-0.4, -0.2) is 28.9 Å². The molecule has 0 spiro atoms. The molecule has 1 saturated heterocycles. The van der Waals surface area contributed by atoms with Gasteiger partial charge >= 0.3 is 0 Å². The van der Waals surface area contributed by atoms with Gasteiger partial charge in [0.1, 0.15) is 5.82 Å². The van der Waals surface area contributed by atoms with E-state index in [-0.39, 0.29) is 6.54 Å². The van der Waals surface area contributed by atoms with Gasteiger partial charge in [0, 0.05) is 5.02 Å². The van der Waals surface area contributed by atoms with Crippen molar-refractivity contribution in [2.24, 2.45) is 10.3 Å². The molecular formula is C17H12ClFN4O2. The number of imide groups is 1. The van der Waals surface area contributed by atoms with E-state index in [9.17, 15) is 14.0 Å². The molecule has 126 valence electrons. The maximum Gasteiger partial charge on any atom is 0.263 e. The number of fused-ring (bicyclic) bond motifs is 1. The van der Waals surface area contributed by atoms with Gasteiger partial charge in [0.25, 0.3) is 11.8 Å². The number of amides is 2. The van der Waals surface area contributed by atoms with Crippen LogP contribution in [0.3, 0.4) is 0 Å². The first-order valence-electron chi connectivity index (χ1n) is 7.60. The fourth-order valence-electron chi connectivity index (χ4n) is 3.00. The summed E-state index contributed by atoms with van der Waals surface area (Å²) >= 11 is 6.15. The first-order valence-corrected chi connectivity index (χ1v) is 7.98. The predicted octanol–water partition coefficient (Wildman–Crippen LogP) is 2.97. The number of carbonyl (C=O) groups excluding carboxylic acids is 2. The van der Waals surface area contributed by atoms with Crippen molar-refractivity contribution < 1.29 is 14.0 Å². The van der Waals surface area contributed by atoms with Crippen molar-refractivity contribution in [2.75, 3.05) is 4.90 Å². The van der Waals surface area contributed by atoms with Crippen molar-refractivity contribution in [2.45, 2.75) is 18.6 Å². The maximum atomic E-state index is 13.1. The van der Waals surface area contributed by atoms with Crippen molar-refractivity contribution in [3.63, 3.8) is 0 Å². The molecule has 25 heavy (non-hydrogen) atoms. The van der Waals surface area contributed by atoms with E-state index >= 15 is 0 Å². The minimum atomic E-state index is -0.889. The number of anilines is 1. The van der Waals surface area contributed by atoms with Gasteiger partial charge < -0.3 is 0 Å². The Labute approximate surface area is 147 Å². The molecule has 4 rings (SSSR count). The number of hydrogen-bond acceptors (Lipinski definition) is 5. The van der Waals surface area contributed by atoms with E-state index in [0.29, 0.717) is 10.7 Å². The SMILES string of the molecule is O=C1[C@@H]2N=NN(Cc3ccccc3Cl)[C@H]2C(=O)N1c1ccc(F)cc1. The number of carbonyl (C=O) groups is 2. The van der Waals surface area contributed by atoms with E-state index in [0.717, 1.165) is 10.5 Å². The van der Waals surface area contributed by atoms with E-state index in [1.165, 1.54) is 29.3 Å². The van der Waals surface area contributed by atoms with E-state index in [1.807, 2.05) is 12.1 Å². The van der Waals surface area contributed by atoms with Crippen molar-refractivity contribution in [3.05, 3.63) is 64.9 Å². The summed E-state index contributed by atoms with van der Waals surface area (Å²) in [5, 5.41) is 9.94. The van der Waals surface area contributed by atoms with E-state index in [2.05, 4.69) is 10.3 Å². The first kappa shape index (κ1) is 15.7. The summed E-state index contributed by atoms with van der Waals surface area (Å²) in [5.41, 5.74) is 1.10. The fraction of sp³-hybridized carbons (Fsp3) is 0.176. The van der Waals surface area contributed by atoms with Crippen LogP contribution in [-0.2, 0) is 16.1 Å². The van der Waals surface area contributed by atoms with Crippen LogP contribution in [0.5, 0.6) is 0 Å². The lowest BCUT2D eigenvalue weighted by molar-refractivity contribution is -0.123. The molecule has 2 aliphatic rings. The largest absolute Gasteiger partial charge is 0.271 e. The summed E-state index contributed by atoms with van der Waals surface area (Å²) in [6, 6.07) is 10.7. The van der Waals surface area contributed by atoms with Crippen LogP contribution in [0.25, 0.3) is 0 Å². The van der Waals surface area contributed by atoms with Crippen molar-refractivity contribution in [1.29, 1.82) is 0 Å². The van der Waals surface area contributed by atoms with Crippen LogP contribution in [0.15, 0.2) is 58.9 Å². The van der Waals surface area contributed by atoms with Crippen molar-refractivity contribution in [3.8, 4) is 0 Å². The second-order valence-corrected chi connectivity index (χ2v) is 6.18. The zero-order chi connectivity index (χ0) is 17.6. The molecule has 2 atom stereocenters. The van der Waals surface area contributed by atoms with Gasteiger partial charge in [-0.25, -0.2) is 9.29 Å². The average molecular weight is 359 g/mol. The lowest BCUT2D eigenvalue weighted by atomic mass is 10.1. The van der Waals surface area contributed by atoms with Gasteiger partial charge in [0.15, 0.2) is 12.1 Å². The van der Waals surface area contributed by atoms with Gasteiger partial charge in [0.05, 0.1) is 12.2 Å². The summed E-state index contributed by atoms with van der Waals surface area (Å²) in [4.78, 5) is 26.4. The lowest BCUT2D eigenvalue weighted by Gasteiger charge is -2.21. The predicted molar refractivity (Wildman–Crippen MR) is 88.3 cm³/mol. The molecule has 0 unspecified atom stereocenters. The molecule has 2 aliphatic heterocycles. The highest BCUT2D eigenvalue weighted by molar-refractivity contribution is 6.31. The third-order valence-electron chi connectivity index (χ3n) is 4.23. The highest BCUT2D eigenvalue weighted by Gasteiger charge is 2.54. The second kappa shape index (κ2) is 5.93. The van der Waals surface area contributed by atoms with Crippen LogP contribution in [0, 0.1) is 5.82 Å². The Morgan fingerprint density at radius 1 is 1.04 bits per heavy atom. The molecule has 0 saturated carbocycles. The smallest absolute Gasteiger partial charge is 0.263 e. The van der Waals surface area contributed by atoms with Gasteiger partial charge in [-0.05, 0) is 35.9 Å².